The van der Waals surface area contributed by atoms with Gasteiger partial charge in [0.25, 0.3) is 10.1 Å². The van der Waals surface area contributed by atoms with Crippen molar-refractivity contribution in [3.05, 3.63) is 65.7 Å². The summed E-state index contributed by atoms with van der Waals surface area (Å²) in [7, 11) is -4.46. The van der Waals surface area contributed by atoms with Crippen LogP contribution in [0.5, 0.6) is 0 Å². The summed E-state index contributed by atoms with van der Waals surface area (Å²) in [6.07, 6.45) is 0. The van der Waals surface area contributed by atoms with Crippen LogP contribution in [0.1, 0.15) is 15.9 Å². The zero-order valence-corrected chi connectivity index (χ0v) is 11.2. The molecule has 0 saturated heterocycles. The molecule has 0 amide bonds. The molecule has 2 rings (SSSR count). The quantitative estimate of drug-likeness (QED) is 0.527. The van der Waals surface area contributed by atoms with Gasteiger partial charge in [-0.25, -0.2) is 4.79 Å². The van der Waals surface area contributed by atoms with Crippen LogP contribution in [-0.4, -0.2) is 48.5 Å². The monoisotopic (exact) mass is 316 g/mol. The number of carbonyl (C=O) groups is 1. The standard InChI is InChI=1S/C14H12O5S.Na.H/c15-14(19-10-11-6-2-1-3-7-11)12-8-4-5-9-13(12)20(16,17)18;;/h1-9H,10H2,(H,16,17,18);;. The number of esters is 1. The molecular weight excluding hydrogens is 303 g/mol. The first-order valence-corrected chi connectivity index (χ1v) is 7.20. The van der Waals surface area contributed by atoms with Crippen LogP contribution in [0.2, 0.25) is 0 Å². The van der Waals surface area contributed by atoms with Crippen molar-refractivity contribution in [3.63, 3.8) is 0 Å². The molecule has 5 nitrogen and oxygen atoms in total. The third kappa shape index (κ3) is 4.94. The van der Waals surface area contributed by atoms with Gasteiger partial charge >= 0.3 is 35.5 Å². The van der Waals surface area contributed by atoms with Crippen molar-refractivity contribution in [2.24, 2.45) is 0 Å². The van der Waals surface area contributed by atoms with Crippen LogP contribution in [0.25, 0.3) is 0 Å². The average Bonchev–Trinajstić information content (AvgIpc) is 2.45. The maximum absolute atomic E-state index is 11.9. The molecule has 0 aliphatic carbocycles. The van der Waals surface area contributed by atoms with E-state index in [-0.39, 0.29) is 41.7 Å². The van der Waals surface area contributed by atoms with E-state index in [0.717, 1.165) is 11.6 Å². The molecule has 0 aromatic heterocycles. The Morgan fingerprint density at radius 2 is 1.57 bits per heavy atom. The molecular formula is C14H13NaO5S. The van der Waals surface area contributed by atoms with Gasteiger partial charge in [-0.1, -0.05) is 42.5 Å². The van der Waals surface area contributed by atoms with Crippen LogP contribution in [-0.2, 0) is 21.5 Å². The molecule has 0 heterocycles. The van der Waals surface area contributed by atoms with Gasteiger partial charge in [0.15, 0.2) is 0 Å². The van der Waals surface area contributed by atoms with Crippen molar-refractivity contribution >= 4 is 45.6 Å². The van der Waals surface area contributed by atoms with E-state index in [1.165, 1.54) is 18.2 Å². The number of ether oxygens (including phenoxy) is 1. The van der Waals surface area contributed by atoms with Crippen molar-refractivity contribution in [1.82, 2.24) is 0 Å². The zero-order valence-electron chi connectivity index (χ0n) is 10.4. The number of rotatable bonds is 4. The summed E-state index contributed by atoms with van der Waals surface area (Å²) in [6, 6.07) is 14.3. The Balaban J connectivity index is 0.00000220. The van der Waals surface area contributed by atoms with Gasteiger partial charge in [-0.2, -0.15) is 8.42 Å². The number of benzene rings is 2. The predicted molar refractivity (Wildman–Crippen MR) is 79.0 cm³/mol. The molecule has 21 heavy (non-hydrogen) atoms. The third-order valence-corrected chi connectivity index (χ3v) is 3.51. The fourth-order valence-electron chi connectivity index (χ4n) is 1.66. The second-order valence-electron chi connectivity index (χ2n) is 4.03. The molecule has 7 heteroatoms. The maximum atomic E-state index is 11.9. The minimum atomic E-state index is -4.46. The van der Waals surface area contributed by atoms with Gasteiger partial charge in [-0.05, 0) is 17.7 Å². The summed E-state index contributed by atoms with van der Waals surface area (Å²) in [5.74, 6) is -0.804. The molecule has 106 valence electrons. The fourth-order valence-corrected chi connectivity index (χ4v) is 2.34. The predicted octanol–water partition coefficient (Wildman–Crippen LogP) is 1.64. The summed E-state index contributed by atoms with van der Waals surface area (Å²) in [5.41, 5.74) is 0.594. The Morgan fingerprint density at radius 3 is 2.19 bits per heavy atom. The zero-order chi connectivity index (χ0) is 14.6. The third-order valence-electron chi connectivity index (χ3n) is 2.60. The number of carbonyl (C=O) groups excluding carboxylic acids is 1. The van der Waals surface area contributed by atoms with E-state index in [0.29, 0.717) is 0 Å². The Kier molecular flexibility index (Phi) is 6.57. The van der Waals surface area contributed by atoms with E-state index in [9.17, 15) is 13.2 Å². The van der Waals surface area contributed by atoms with Gasteiger partial charge in [0.05, 0.1) is 5.56 Å². The van der Waals surface area contributed by atoms with Crippen molar-refractivity contribution in [2.45, 2.75) is 11.5 Å². The van der Waals surface area contributed by atoms with E-state index >= 15 is 0 Å². The summed E-state index contributed by atoms with van der Waals surface area (Å²) in [4.78, 5) is 11.4. The average molecular weight is 316 g/mol. The van der Waals surface area contributed by atoms with Gasteiger partial charge < -0.3 is 4.74 Å². The van der Waals surface area contributed by atoms with E-state index in [2.05, 4.69) is 0 Å². The molecule has 0 saturated carbocycles. The van der Waals surface area contributed by atoms with Crippen LogP contribution in [0.15, 0.2) is 59.5 Å². The summed E-state index contributed by atoms with van der Waals surface area (Å²) < 4.78 is 36.5. The van der Waals surface area contributed by atoms with Gasteiger partial charge in [-0.3, -0.25) is 4.55 Å². The van der Waals surface area contributed by atoms with Gasteiger partial charge in [0.1, 0.15) is 11.5 Å². The molecule has 0 atom stereocenters. The van der Waals surface area contributed by atoms with Crippen molar-refractivity contribution in [1.29, 1.82) is 0 Å². The fraction of sp³-hybridized carbons (Fsp3) is 0.0714. The molecule has 0 fully saturated rings. The number of hydrogen-bond acceptors (Lipinski definition) is 4. The second-order valence-corrected chi connectivity index (χ2v) is 5.42. The van der Waals surface area contributed by atoms with Crippen molar-refractivity contribution in [3.8, 4) is 0 Å². The Bertz CT molecular complexity index is 713. The van der Waals surface area contributed by atoms with Gasteiger partial charge in [0, 0.05) is 0 Å². The first-order valence-electron chi connectivity index (χ1n) is 5.76. The molecule has 2 aromatic carbocycles. The Hall–Kier alpha value is -1.18. The molecule has 1 N–H and O–H groups in total. The normalized spacial score (nSPS) is 10.5. The molecule has 0 spiro atoms. The summed E-state index contributed by atoms with van der Waals surface area (Å²) >= 11 is 0. The van der Waals surface area contributed by atoms with Gasteiger partial charge in [-0.15, -0.1) is 0 Å². The first kappa shape index (κ1) is 17.9. The molecule has 0 bridgehead atoms. The summed E-state index contributed by atoms with van der Waals surface area (Å²) in [5, 5.41) is 0. The second kappa shape index (κ2) is 7.72. The number of hydrogen-bond donors (Lipinski definition) is 1. The molecule has 0 aliphatic rings. The minimum absolute atomic E-state index is 0. The van der Waals surface area contributed by atoms with Crippen LogP contribution >= 0.6 is 0 Å². The van der Waals surface area contributed by atoms with Crippen LogP contribution in [0, 0.1) is 0 Å². The topological polar surface area (TPSA) is 80.7 Å². The van der Waals surface area contributed by atoms with E-state index in [4.69, 9.17) is 9.29 Å². The molecule has 0 radical (unpaired) electrons. The van der Waals surface area contributed by atoms with Crippen LogP contribution < -0.4 is 0 Å². The van der Waals surface area contributed by atoms with Crippen LogP contribution in [0.4, 0.5) is 0 Å². The molecule has 0 aliphatic heterocycles. The summed E-state index contributed by atoms with van der Waals surface area (Å²) in [6.45, 7) is 0.0273. The van der Waals surface area contributed by atoms with E-state index in [1.807, 2.05) is 6.07 Å². The Morgan fingerprint density at radius 1 is 1.00 bits per heavy atom. The van der Waals surface area contributed by atoms with E-state index < -0.39 is 21.0 Å². The van der Waals surface area contributed by atoms with Crippen molar-refractivity contribution < 1.29 is 22.5 Å². The molecule has 2 aromatic rings. The Labute approximate surface area is 145 Å². The van der Waals surface area contributed by atoms with E-state index in [1.54, 1.807) is 24.3 Å². The first-order chi connectivity index (χ1) is 9.48. The van der Waals surface area contributed by atoms with Crippen LogP contribution in [0.3, 0.4) is 0 Å². The molecule has 0 unspecified atom stereocenters. The van der Waals surface area contributed by atoms with Crippen molar-refractivity contribution in [2.75, 3.05) is 0 Å². The van der Waals surface area contributed by atoms with Gasteiger partial charge in [0.2, 0.25) is 0 Å². The SMILES string of the molecule is O=C(OCc1ccccc1)c1ccccc1S(=O)(=O)O.[NaH].